The first kappa shape index (κ1) is 22.7. The molecule has 0 fully saturated rings. The molecule has 6 nitrogen and oxygen atoms in total. The van der Waals surface area contributed by atoms with E-state index in [0.717, 1.165) is 0 Å². The fourth-order valence-corrected chi connectivity index (χ4v) is 0.823. The summed E-state index contributed by atoms with van der Waals surface area (Å²) in [7, 11) is 0. The zero-order valence-electron chi connectivity index (χ0n) is 8.08. The van der Waals surface area contributed by atoms with Gasteiger partial charge in [-0.25, -0.2) is 4.79 Å². The van der Waals surface area contributed by atoms with Crippen LogP contribution in [-0.4, -0.2) is 142 Å². The summed E-state index contributed by atoms with van der Waals surface area (Å²) in [4.78, 5) is 10.5. The molecule has 1 aliphatic heterocycles. The summed E-state index contributed by atoms with van der Waals surface area (Å²) < 4.78 is 4.32. The van der Waals surface area contributed by atoms with Gasteiger partial charge < -0.3 is 25.2 Å². The van der Waals surface area contributed by atoms with E-state index in [2.05, 4.69) is 4.74 Å². The van der Waals surface area contributed by atoms with Crippen molar-refractivity contribution < 1.29 is 30.0 Å². The van der Waals surface area contributed by atoms with Crippen molar-refractivity contribution >= 4 is 127 Å². The molecule has 0 unspecified atom stereocenters. The van der Waals surface area contributed by atoms with Crippen LogP contribution >= 0.6 is 24.0 Å². The van der Waals surface area contributed by atoms with Crippen molar-refractivity contribution in [2.75, 3.05) is 6.61 Å². The average molecular weight is 431 g/mol. The average Bonchev–Trinajstić information content (AvgIpc) is 2.32. The van der Waals surface area contributed by atoms with E-state index < -0.39 is 36.3 Å². The normalized spacial score (nSPS) is 20.7. The first-order chi connectivity index (χ1) is 5.57. The van der Waals surface area contributed by atoms with Crippen LogP contribution < -0.4 is 0 Å². The van der Waals surface area contributed by atoms with Gasteiger partial charge in [0.05, 0.1) is 6.61 Å². The van der Waals surface area contributed by atoms with Gasteiger partial charge >= 0.3 is 5.97 Å². The number of carbonyl (C=O) groups excluding carboxylic acids is 1. The summed E-state index contributed by atoms with van der Waals surface area (Å²) in [5.41, 5.74) is 0. The Labute approximate surface area is 183 Å². The maximum atomic E-state index is 10.5. The third-order valence-electron chi connectivity index (χ3n) is 1.48. The van der Waals surface area contributed by atoms with E-state index in [1.54, 1.807) is 0 Å². The number of hydrogen-bond donors (Lipinski definition) is 4. The molecule has 1 aliphatic rings. The number of carbonyl (C=O) groups is 1. The molecular formula is C6H9IKO6Sr. The van der Waals surface area contributed by atoms with E-state index in [0.29, 0.717) is 0 Å². The van der Waals surface area contributed by atoms with Crippen LogP contribution in [0.1, 0.15) is 0 Å². The van der Waals surface area contributed by atoms with Crippen molar-refractivity contribution in [1.29, 1.82) is 0 Å². The molecule has 1 heterocycles. The minimum atomic E-state index is -1.42. The molecule has 0 spiro atoms. The summed E-state index contributed by atoms with van der Waals surface area (Å²) in [5.74, 6) is -2.78. The van der Waals surface area contributed by atoms with Gasteiger partial charge in [-0.2, -0.15) is 0 Å². The van der Waals surface area contributed by atoms with Crippen LogP contribution in [0, 0.1) is 0 Å². The summed E-state index contributed by atoms with van der Waals surface area (Å²) in [6, 6.07) is 0. The Morgan fingerprint density at radius 2 is 1.87 bits per heavy atom. The molecule has 0 aromatic heterocycles. The zero-order valence-corrected chi connectivity index (χ0v) is 17.0. The van der Waals surface area contributed by atoms with Crippen LogP contribution in [0.15, 0.2) is 11.5 Å². The van der Waals surface area contributed by atoms with Crippen molar-refractivity contribution in [2.24, 2.45) is 0 Å². The maximum absolute atomic E-state index is 10.5. The van der Waals surface area contributed by atoms with Gasteiger partial charge in [0, 0.05) is 96.9 Å². The molecule has 0 aliphatic carbocycles. The summed E-state index contributed by atoms with van der Waals surface area (Å²) in [6.07, 6.45) is -2.78. The molecule has 79 valence electrons. The minimum Gasteiger partial charge on any atom is -0.505 e. The summed E-state index contributed by atoms with van der Waals surface area (Å²) in [5, 5.41) is 35.0. The smallest absolute Gasteiger partial charge is 0.377 e. The molecule has 2 atom stereocenters. The van der Waals surface area contributed by atoms with Crippen LogP contribution in [0.25, 0.3) is 0 Å². The van der Waals surface area contributed by atoms with Crippen LogP contribution in [-0.2, 0) is 9.53 Å². The van der Waals surface area contributed by atoms with Crippen molar-refractivity contribution in [3.8, 4) is 0 Å². The van der Waals surface area contributed by atoms with Crippen LogP contribution in [0.3, 0.4) is 0 Å². The van der Waals surface area contributed by atoms with Gasteiger partial charge in [-0.15, -0.1) is 24.0 Å². The van der Waals surface area contributed by atoms with Crippen molar-refractivity contribution in [3.05, 3.63) is 11.5 Å². The van der Waals surface area contributed by atoms with E-state index in [1.807, 2.05) is 0 Å². The second-order valence-electron chi connectivity index (χ2n) is 2.31. The first-order valence-corrected chi connectivity index (χ1v) is 3.20. The molecule has 4 N–H and O–H groups in total. The number of cyclic esters (lactones) is 1. The molecule has 0 aromatic rings. The van der Waals surface area contributed by atoms with E-state index in [1.165, 1.54) is 0 Å². The van der Waals surface area contributed by atoms with E-state index in [-0.39, 0.29) is 121 Å². The number of hydrogen-bond acceptors (Lipinski definition) is 6. The maximum Gasteiger partial charge on any atom is 0.377 e. The zero-order chi connectivity index (χ0) is 9.30. The Bertz CT molecular complexity index is 248. The van der Waals surface area contributed by atoms with E-state index in [9.17, 15) is 4.79 Å². The fourth-order valence-electron chi connectivity index (χ4n) is 0.823. The first-order valence-electron chi connectivity index (χ1n) is 3.20. The Kier molecular flexibility index (Phi) is 15.9. The second kappa shape index (κ2) is 10.5. The molecule has 0 saturated heterocycles. The number of halogens is 1. The SMILES string of the molecule is I.O=C1O[C@H]([C@@H](O)CO)C(O)=C1O.[K].[Sr]. The Balaban J connectivity index is -0.000000480. The third kappa shape index (κ3) is 5.83. The van der Waals surface area contributed by atoms with Crippen molar-refractivity contribution in [3.63, 3.8) is 0 Å². The standard InChI is InChI=1S/C6H8O6.HI.K.Sr/c7-1-2(8)5-3(9)4(10)6(11)12-5;;;/h2,5,7-10H,1H2;1H;;/t2-,5+;;;/m0.../s1. The van der Waals surface area contributed by atoms with Gasteiger partial charge in [-0.1, -0.05) is 0 Å². The van der Waals surface area contributed by atoms with Gasteiger partial charge in [0.25, 0.3) is 0 Å². The molecule has 0 saturated carbocycles. The van der Waals surface area contributed by atoms with Gasteiger partial charge in [-0.3, -0.25) is 0 Å². The number of aliphatic hydroxyl groups is 4. The van der Waals surface area contributed by atoms with E-state index >= 15 is 0 Å². The predicted molar refractivity (Wildman–Crippen MR) is 62.2 cm³/mol. The fraction of sp³-hybridized carbons (Fsp3) is 0.500. The number of esters is 1. The van der Waals surface area contributed by atoms with Gasteiger partial charge in [0.2, 0.25) is 5.76 Å². The summed E-state index contributed by atoms with van der Waals surface area (Å²) in [6.45, 7) is -0.671. The largest absolute Gasteiger partial charge is 0.505 e. The Hall–Kier alpha value is 2.58. The quantitative estimate of drug-likeness (QED) is 0.240. The molecular weight excluding hydrogens is 422 g/mol. The van der Waals surface area contributed by atoms with Crippen LogP contribution in [0.4, 0.5) is 0 Å². The Morgan fingerprint density at radius 1 is 1.40 bits per heavy atom. The van der Waals surface area contributed by atoms with Crippen LogP contribution in [0.2, 0.25) is 0 Å². The van der Waals surface area contributed by atoms with E-state index in [4.69, 9.17) is 20.4 Å². The molecule has 1 rings (SSSR count). The predicted octanol–water partition coefficient (Wildman–Crippen LogP) is -1.55. The molecule has 15 heavy (non-hydrogen) atoms. The van der Waals surface area contributed by atoms with Gasteiger partial charge in [0.1, 0.15) is 6.10 Å². The minimum absolute atomic E-state index is 0. The monoisotopic (exact) mass is 431 g/mol. The molecule has 9 heteroatoms. The Morgan fingerprint density at radius 3 is 2.13 bits per heavy atom. The number of rotatable bonds is 2. The second-order valence-corrected chi connectivity index (χ2v) is 2.31. The topological polar surface area (TPSA) is 107 Å². The number of ether oxygens (including phenoxy) is 1. The molecule has 0 aromatic carbocycles. The van der Waals surface area contributed by atoms with Gasteiger partial charge in [0.15, 0.2) is 11.9 Å². The van der Waals surface area contributed by atoms with Gasteiger partial charge in [-0.05, 0) is 0 Å². The molecule has 0 bridgehead atoms. The summed E-state index contributed by atoms with van der Waals surface area (Å²) >= 11 is 0. The molecule has 3 radical (unpaired) electrons. The third-order valence-corrected chi connectivity index (χ3v) is 1.48. The van der Waals surface area contributed by atoms with Crippen molar-refractivity contribution in [2.45, 2.75) is 12.2 Å². The van der Waals surface area contributed by atoms with Crippen LogP contribution in [0.5, 0.6) is 0 Å². The number of aliphatic hydroxyl groups excluding tert-OH is 4. The molecule has 0 amide bonds. The van der Waals surface area contributed by atoms with Crippen molar-refractivity contribution in [1.82, 2.24) is 0 Å².